The van der Waals surface area contributed by atoms with Gasteiger partial charge in [-0.15, -0.1) is 0 Å². The molecule has 1 saturated heterocycles. The Morgan fingerprint density at radius 3 is 2.81 bits per heavy atom. The summed E-state index contributed by atoms with van der Waals surface area (Å²) in [5.41, 5.74) is 4.82. The average Bonchev–Trinajstić information content (AvgIpc) is 2.80. The molecule has 3 N–H and O–H groups in total. The molecule has 0 atom stereocenters. The van der Waals surface area contributed by atoms with Crippen molar-refractivity contribution in [2.45, 2.75) is 33.2 Å². The van der Waals surface area contributed by atoms with Crippen LogP contribution in [0.2, 0.25) is 0 Å². The maximum absolute atomic E-state index is 12.2. The molecule has 2 aromatic rings. The molecule has 0 unspecified atom stereocenters. The second-order valence-corrected chi connectivity index (χ2v) is 6.00. The first-order chi connectivity index (χ1) is 10.1. The largest absolute Gasteiger partial charge is 0.358 e. The number of rotatable bonds is 3. The highest BCUT2D eigenvalue weighted by molar-refractivity contribution is 5.85. The van der Waals surface area contributed by atoms with Crippen molar-refractivity contribution in [2.75, 3.05) is 13.1 Å². The number of aryl methyl sites for hydroxylation is 2. The summed E-state index contributed by atoms with van der Waals surface area (Å²) in [7, 11) is 0. The van der Waals surface area contributed by atoms with Gasteiger partial charge in [0, 0.05) is 29.1 Å². The van der Waals surface area contributed by atoms with Crippen LogP contribution in [0.4, 0.5) is 0 Å². The zero-order chi connectivity index (χ0) is 14.8. The van der Waals surface area contributed by atoms with Crippen LogP contribution in [-0.4, -0.2) is 24.0 Å². The molecule has 0 spiro atoms. The van der Waals surface area contributed by atoms with E-state index in [1.54, 1.807) is 0 Å². The van der Waals surface area contributed by atoms with E-state index in [1.165, 1.54) is 22.2 Å². The van der Waals surface area contributed by atoms with Crippen LogP contribution < -0.4 is 10.6 Å². The van der Waals surface area contributed by atoms with E-state index in [0.717, 1.165) is 31.5 Å². The Hall–Kier alpha value is -1.81. The molecule has 1 aliphatic heterocycles. The highest BCUT2D eigenvalue weighted by atomic mass is 16.1. The Morgan fingerprint density at radius 1 is 1.29 bits per heavy atom. The maximum atomic E-state index is 12.2. The smallest absolute Gasteiger partial charge is 0.223 e. The molecule has 21 heavy (non-hydrogen) atoms. The van der Waals surface area contributed by atoms with Crippen LogP contribution in [0.5, 0.6) is 0 Å². The summed E-state index contributed by atoms with van der Waals surface area (Å²) < 4.78 is 0. The van der Waals surface area contributed by atoms with Crippen molar-refractivity contribution in [3.8, 4) is 0 Å². The minimum atomic E-state index is 0.172. The Kier molecular flexibility index (Phi) is 3.97. The summed E-state index contributed by atoms with van der Waals surface area (Å²) in [6, 6.07) is 6.36. The van der Waals surface area contributed by atoms with Crippen molar-refractivity contribution in [1.29, 1.82) is 0 Å². The molecule has 1 fully saturated rings. The monoisotopic (exact) mass is 285 g/mol. The normalized spacial score (nSPS) is 16.3. The van der Waals surface area contributed by atoms with E-state index in [1.807, 2.05) is 0 Å². The van der Waals surface area contributed by atoms with Gasteiger partial charge in [-0.3, -0.25) is 4.79 Å². The van der Waals surface area contributed by atoms with E-state index >= 15 is 0 Å². The lowest BCUT2D eigenvalue weighted by atomic mass is 9.97. The zero-order valence-corrected chi connectivity index (χ0v) is 12.8. The predicted octanol–water partition coefficient (Wildman–Crippen LogP) is 2.40. The zero-order valence-electron chi connectivity index (χ0n) is 12.8. The number of hydrogen-bond acceptors (Lipinski definition) is 2. The van der Waals surface area contributed by atoms with E-state index in [4.69, 9.17) is 0 Å². The molecule has 112 valence electrons. The molecule has 0 aliphatic carbocycles. The van der Waals surface area contributed by atoms with Crippen molar-refractivity contribution in [3.63, 3.8) is 0 Å². The quantitative estimate of drug-likeness (QED) is 0.811. The summed E-state index contributed by atoms with van der Waals surface area (Å²) in [6.45, 7) is 6.74. The lowest BCUT2D eigenvalue weighted by molar-refractivity contribution is -0.125. The van der Waals surface area contributed by atoms with Crippen molar-refractivity contribution < 1.29 is 4.79 Å². The summed E-state index contributed by atoms with van der Waals surface area (Å²) in [5.74, 6) is 0.366. The van der Waals surface area contributed by atoms with E-state index in [9.17, 15) is 4.79 Å². The van der Waals surface area contributed by atoms with Crippen molar-refractivity contribution in [2.24, 2.45) is 5.92 Å². The molecule has 0 radical (unpaired) electrons. The number of amides is 1. The van der Waals surface area contributed by atoms with Crippen LogP contribution in [0.25, 0.3) is 10.9 Å². The van der Waals surface area contributed by atoms with E-state index in [2.05, 4.69) is 47.7 Å². The molecule has 0 bridgehead atoms. The van der Waals surface area contributed by atoms with Gasteiger partial charge in [-0.2, -0.15) is 0 Å². The van der Waals surface area contributed by atoms with Crippen molar-refractivity contribution >= 4 is 16.8 Å². The van der Waals surface area contributed by atoms with Gasteiger partial charge in [-0.1, -0.05) is 6.07 Å². The summed E-state index contributed by atoms with van der Waals surface area (Å²) in [5, 5.41) is 7.62. The van der Waals surface area contributed by atoms with Crippen molar-refractivity contribution in [3.05, 3.63) is 35.0 Å². The fourth-order valence-electron chi connectivity index (χ4n) is 3.04. The van der Waals surface area contributed by atoms with Crippen molar-refractivity contribution in [1.82, 2.24) is 15.6 Å². The fraction of sp³-hybridized carbons (Fsp3) is 0.471. The summed E-state index contributed by atoms with van der Waals surface area (Å²) in [4.78, 5) is 15.5. The molecule has 3 rings (SSSR count). The van der Waals surface area contributed by atoms with Gasteiger partial charge in [0.25, 0.3) is 0 Å². The Morgan fingerprint density at radius 2 is 2.05 bits per heavy atom. The van der Waals surface area contributed by atoms with Gasteiger partial charge >= 0.3 is 0 Å². The first-order valence-corrected chi connectivity index (χ1v) is 7.71. The number of nitrogens with one attached hydrogen (secondary N) is 3. The fourth-order valence-corrected chi connectivity index (χ4v) is 3.04. The molecular weight excluding hydrogens is 262 g/mol. The number of aromatic nitrogens is 1. The topological polar surface area (TPSA) is 56.9 Å². The SMILES string of the molecule is Cc1[nH]c2ccc(CNC(=O)C3CCNCC3)cc2c1C. The first kappa shape index (κ1) is 14.1. The minimum absolute atomic E-state index is 0.172. The number of carbonyl (C=O) groups excluding carboxylic acids is 1. The molecule has 4 heteroatoms. The molecule has 1 aromatic heterocycles. The lowest BCUT2D eigenvalue weighted by Gasteiger charge is -2.21. The number of carbonyl (C=O) groups is 1. The molecule has 0 saturated carbocycles. The van der Waals surface area contributed by atoms with Gasteiger partial charge in [-0.05, 0) is 63.0 Å². The summed E-state index contributed by atoms with van der Waals surface area (Å²) in [6.07, 6.45) is 1.89. The van der Waals surface area contributed by atoms with Crippen LogP contribution in [0.3, 0.4) is 0 Å². The second kappa shape index (κ2) is 5.90. The number of fused-ring (bicyclic) bond motifs is 1. The average molecular weight is 285 g/mol. The number of H-pyrrole nitrogens is 1. The second-order valence-electron chi connectivity index (χ2n) is 6.00. The van der Waals surface area contributed by atoms with Crippen LogP contribution in [0, 0.1) is 19.8 Å². The van der Waals surface area contributed by atoms with Gasteiger partial charge in [0.1, 0.15) is 0 Å². The third-order valence-electron chi connectivity index (χ3n) is 4.55. The third-order valence-corrected chi connectivity index (χ3v) is 4.55. The molecule has 4 nitrogen and oxygen atoms in total. The Balaban J connectivity index is 1.67. The van der Waals surface area contributed by atoms with E-state index < -0.39 is 0 Å². The Labute approximate surface area is 125 Å². The van der Waals surface area contributed by atoms with Crippen LogP contribution in [0.1, 0.15) is 29.7 Å². The van der Waals surface area contributed by atoms with Crippen LogP contribution >= 0.6 is 0 Å². The van der Waals surface area contributed by atoms with Gasteiger partial charge < -0.3 is 15.6 Å². The van der Waals surface area contributed by atoms with Gasteiger partial charge in [0.05, 0.1) is 0 Å². The highest BCUT2D eigenvalue weighted by Crippen LogP contribution is 2.22. The number of benzene rings is 1. The Bertz CT molecular complexity index is 653. The summed E-state index contributed by atoms with van der Waals surface area (Å²) >= 11 is 0. The molecule has 1 amide bonds. The number of piperidine rings is 1. The number of hydrogen-bond donors (Lipinski definition) is 3. The van der Waals surface area contributed by atoms with Crippen LogP contribution in [-0.2, 0) is 11.3 Å². The van der Waals surface area contributed by atoms with E-state index in [-0.39, 0.29) is 11.8 Å². The molecular formula is C17H23N3O. The third kappa shape index (κ3) is 2.95. The standard InChI is InChI=1S/C17H23N3O/c1-11-12(2)20-16-4-3-13(9-15(11)16)10-19-17(21)14-5-7-18-8-6-14/h3-4,9,14,18,20H,5-8,10H2,1-2H3,(H,19,21). The molecule has 1 aliphatic rings. The molecule has 1 aromatic carbocycles. The number of aromatic amines is 1. The highest BCUT2D eigenvalue weighted by Gasteiger charge is 2.20. The van der Waals surface area contributed by atoms with Gasteiger partial charge in [-0.25, -0.2) is 0 Å². The van der Waals surface area contributed by atoms with Crippen LogP contribution in [0.15, 0.2) is 18.2 Å². The maximum Gasteiger partial charge on any atom is 0.223 e. The lowest BCUT2D eigenvalue weighted by Crippen LogP contribution is -2.37. The van der Waals surface area contributed by atoms with Gasteiger partial charge in [0.15, 0.2) is 0 Å². The minimum Gasteiger partial charge on any atom is -0.358 e. The first-order valence-electron chi connectivity index (χ1n) is 7.71. The molecule has 2 heterocycles. The van der Waals surface area contributed by atoms with E-state index in [0.29, 0.717) is 6.54 Å². The predicted molar refractivity (Wildman–Crippen MR) is 85.2 cm³/mol. The van der Waals surface area contributed by atoms with Gasteiger partial charge in [0.2, 0.25) is 5.91 Å².